The number of hydrogen-bond donors (Lipinski definition) is 1. The van der Waals surface area contributed by atoms with Crippen molar-refractivity contribution in [3.63, 3.8) is 0 Å². The van der Waals surface area contributed by atoms with Crippen LogP contribution in [0, 0.1) is 5.92 Å². The van der Waals surface area contributed by atoms with Crippen LogP contribution in [0.3, 0.4) is 0 Å². The summed E-state index contributed by atoms with van der Waals surface area (Å²) >= 11 is 0. The molecule has 1 aliphatic heterocycles. The van der Waals surface area contributed by atoms with Gasteiger partial charge in [-0.2, -0.15) is 8.78 Å². The molecule has 2 heterocycles. The van der Waals surface area contributed by atoms with Crippen molar-refractivity contribution in [3.05, 3.63) is 41.6 Å². The van der Waals surface area contributed by atoms with Gasteiger partial charge in [0.25, 0.3) is 5.89 Å². The fourth-order valence-electron chi connectivity index (χ4n) is 3.71. The summed E-state index contributed by atoms with van der Waals surface area (Å²) in [6.45, 7) is -0.786. The highest BCUT2D eigenvalue weighted by Gasteiger charge is 2.31. The number of nitrogens with one attached hydrogen (secondary N) is 1. The van der Waals surface area contributed by atoms with Crippen molar-refractivity contribution in [2.45, 2.75) is 32.1 Å². The minimum Gasteiger partial charge on any atom is -0.435 e. The SMILES string of the molecule is CCc1nnc(C(=O)CNC(=O)C(CC(=O)N2CCOCC2)CS(=O)(=O)Cc2ccccc2OC(F)F)o1. The lowest BCUT2D eigenvalue weighted by Gasteiger charge is -2.28. The summed E-state index contributed by atoms with van der Waals surface area (Å²) in [4.78, 5) is 39.6. The highest BCUT2D eigenvalue weighted by atomic mass is 32.2. The Hall–Kier alpha value is -3.46. The number of ether oxygens (including phenoxy) is 2. The first kappa shape index (κ1) is 29.1. The largest absolute Gasteiger partial charge is 0.435 e. The predicted octanol–water partition coefficient (Wildman–Crippen LogP) is 1.01. The van der Waals surface area contributed by atoms with Gasteiger partial charge < -0.3 is 24.1 Å². The van der Waals surface area contributed by atoms with Crippen LogP contribution < -0.4 is 10.1 Å². The van der Waals surface area contributed by atoms with Gasteiger partial charge in [0.05, 0.1) is 37.2 Å². The van der Waals surface area contributed by atoms with Crippen LogP contribution in [-0.2, 0) is 36.3 Å². The molecule has 1 atom stereocenters. The van der Waals surface area contributed by atoms with Crippen LogP contribution in [0.2, 0.25) is 0 Å². The van der Waals surface area contributed by atoms with Crippen molar-refractivity contribution in [2.24, 2.45) is 5.92 Å². The van der Waals surface area contributed by atoms with Crippen LogP contribution in [0.5, 0.6) is 5.75 Å². The van der Waals surface area contributed by atoms with Gasteiger partial charge in [-0.1, -0.05) is 25.1 Å². The summed E-state index contributed by atoms with van der Waals surface area (Å²) < 4.78 is 66.3. The Morgan fingerprint density at radius 2 is 1.87 bits per heavy atom. The standard InChI is InChI=1S/C23H28F2N4O8S/c1-2-19-27-28-22(37-19)17(30)12-26-21(32)16(11-20(31)29-7-9-35-10-8-29)14-38(33,34)13-15-5-3-4-6-18(15)36-23(24)25/h3-6,16,23H,2,7-14H2,1H3,(H,26,32). The van der Waals surface area contributed by atoms with E-state index in [1.165, 1.54) is 29.2 Å². The van der Waals surface area contributed by atoms with Crippen molar-refractivity contribution >= 4 is 27.4 Å². The van der Waals surface area contributed by atoms with E-state index in [1.54, 1.807) is 6.92 Å². The molecule has 1 aromatic carbocycles. The zero-order chi connectivity index (χ0) is 27.7. The van der Waals surface area contributed by atoms with E-state index in [1.807, 2.05) is 0 Å². The van der Waals surface area contributed by atoms with E-state index in [0.717, 1.165) is 0 Å². The Kier molecular flexibility index (Phi) is 10.2. The number of benzene rings is 1. The molecule has 208 valence electrons. The summed E-state index contributed by atoms with van der Waals surface area (Å²) in [6, 6.07) is 5.39. The van der Waals surface area contributed by atoms with E-state index in [2.05, 4.69) is 20.3 Å². The van der Waals surface area contributed by atoms with E-state index in [-0.39, 0.29) is 36.2 Å². The smallest absolute Gasteiger partial charge is 0.387 e. The molecule has 1 aliphatic rings. The van der Waals surface area contributed by atoms with Gasteiger partial charge >= 0.3 is 6.61 Å². The number of hydrogen-bond acceptors (Lipinski definition) is 10. The first-order valence-corrected chi connectivity index (χ1v) is 13.6. The number of para-hydroxylation sites is 1. The van der Waals surface area contributed by atoms with Crippen molar-refractivity contribution in [1.82, 2.24) is 20.4 Å². The highest BCUT2D eigenvalue weighted by Crippen LogP contribution is 2.24. The van der Waals surface area contributed by atoms with Crippen LogP contribution in [-0.4, -0.2) is 86.3 Å². The minimum absolute atomic E-state index is 0.0234. The Bertz CT molecular complexity index is 1230. The number of rotatable bonds is 13. The molecule has 12 nitrogen and oxygen atoms in total. The first-order valence-electron chi connectivity index (χ1n) is 11.8. The van der Waals surface area contributed by atoms with Crippen LogP contribution >= 0.6 is 0 Å². The number of carbonyl (C=O) groups excluding carboxylic acids is 3. The molecular weight excluding hydrogens is 530 g/mol. The lowest BCUT2D eigenvalue weighted by atomic mass is 10.1. The molecule has 0 radical (unpaired) electrons. The van der Waals surface area contributed by atoms with E-state index < -0.39 is 64.4 Å². The summed E-state index contributed by atoms with van der Waals surface area (Å²) in [5.41, 5.74) is -0.0234. The fourth-order valence-corrected chi connectivity index (χ4v) is 5.43. The van der Waals surface area contributed by atoms with Gasteiger partial charge in [-0.25, -0.2) is 8.42 Å². The maximum atomic E-state index is 13.0. The third-order valence-electron chi connectivity index (χ3n) is 5.61. The molecule has 1 fully saturated rings. The molecule has 1 unspecified atom stereocenters. The van der Waals surface area contributed by atoms with E-state index in [9.17, 15) is 31.6 Å². The van der Waals surface area contributed by atoms with Gasteiger partial charge in [0.1, 0.15) is 5.75 Å². The molecule has 2 aromatic rings. The Morgan fingerprint density at radius 3 is 2.53 bits per heavy atom. The minimum atomic E-state index is -4.11. The molecule has 1 aromatic heterocycles. The number of sulfone groups is 1. The average Bonchev–Trinajstić information content (AvgIpc) is 3.37. The monoisotopic (exact) mass is 558 g/mol. The second kappa shape index (κ2) is 13.4. The van der Waals surface area contributed by atoms with Crippen molar-refractivity contribution in [3.8, 4) is 5.75 Å². The Morgan fingerprint density at radius 1 is 1.16 bits per heavy atom. The zero-order valence-electron chi connectivity index (χ0n) is 20.6. The summed E-state index contributed by atoms with van der Waals surface area (Å²) in [7, 11) is -4.11. The molecule has 2 amide bonds. The normalized spacial score (nSPS) is 14.8. The number of halogens is 2. The maximum Gasteiger partial charge on any atom is 0.387 e. The molecule has 0 aliphatic carbocycles. The second-order valence-corrected chi connectivity index (χ2v) is 10.5. The molecule has 0 saturated carbocycles. The zero-order valence-corrected chi connectivity index (χ0v) is 21.4. The number of Topliss-reactive ketones (excluding diaryl/α,β-unsaturated/α-hetero) is 1. The maximum absolute atomic E-state index is 13.0. The lowest BCUT2D eigenvalue weighted by molar-refractivity contribution is -0.138. The number of amides is 2. The molecule has 3 rings (SSSR count). The molecular formula is C23H28F2N4O8S. The third-order valence-corrected chi connectivity index (χ3v) is 7.27. The van der Waals surface area contributed by atoms with E-state index in [0.29, 0.717) is 19.6 Å². The summed E-state index contributed by atoms with van der Waals surface area (Å²) in [5.74, 6) is -5.23. The van der Waals surface area contributed by atoms with E-state index in [4.69, 9.17) is 9.15 Å². The number of aromatic nitrogens is 2. The quantitative estimate of drug-likeness (QED) is 0.352. The lowest BCUT2D eigenvalue weighted by Crippen LogP contribution is -2.44. The number of carbonyl (C=O) groups is 3. The number of morpholine rings is 1. The third kappa shape index (κ3) is 8.55. The summed E-state index contributed by atoms with van der Waals surface area (Å²) in [6.07, 6.45) is -0.0450. The molecule has 1 N–H and O–H groups in total. The van der Waals surface area contributed by atoms with Gasteiger partial charge in [-0.15, -0.1) is 10.2 Å². The molecule has 0 bridgehead atoms. The molecule has 1 saturated heterocycles. The Balaban J connectivity index is 1.73. The van der Waals surface area contributed by atoms with Crippen LogP contribution in [0.4, 0.5) is 8.78 Å². The van der Waals surface area contributed by atoms with Gasteiger partial charge in [0.2, 0.25) is 23.5 Å². The predicted molar refractivity (Wildman–Crippen MR) is 127 cm³/mol. The van der Waals surface area contributed by atoms with Crippen LogP contribution in [0.1, 0.15) is 35.5 Å². The fraction of sp³-hybridized carbons (Fsp3) is 0.522. The first-order chi connectivity index (χ1) is 18.1. The second-order valence-electron chi connectivity index (χ2n) is 8.43. The number of ketones is 1. The number of alkyl halides is 2. The van der Waals surface area contributed by atoms with Gasteiger partial charge in [0, 0.05) is 31.5 Å². The van der Waals surface area contributed by atoms with Crippen LogP contribution in [0.15, 0.2) is 28.7 Å². The molecule has 15 heteroatoms. The van der Waals surface area contributed by atoms with Gasteiger partial charge in [-0.3, -0.25) is 14.4 Å². The number of nitrogens with zero attached hydrogens (tertiary/aromatic N) is 3. The molecule has 0 spiro atoms. The van der Waals surface area contributed by atoms with Crippen molar-refractivity contribution < 1.29 is 45.5 Å². The van der Waals surface area contributed by atoms with Crippen molar-refractivity contribution in [1.29, 1.82) is 0 Å². The number of aryl methyl sites for hydroxylation is 1. The molecule has 38 heavy (non-hydrogen) atoms. The van der Waals surface area contributed by atoms with Gasteiger partial charge in [-0.05, 0) is 6.07 Å². The Labute approximate surface area is 217 Å². The highest BCUT2D eigenvalue weighted by molar-refractivity contribution is 7.90. The van der Waals surface area contributed by atoms with Crippen molar-refractivity contribution in [2.75, 3.05) is 38.6 Å². The topological polar surface area (TPSA) is 158 Å². The van der Waals surface area contributed by atoms with Crippen LogP contribution in [0.25, 0.3) is 0 Å². The van der Waals surface area contributed by atoms with Gasteiger partial charge in [0.15, 0.2) is 9.84 Å². The van der Waals surface area contributed by atoms with E-state index >= 15 is 0 Å². The average molecular weight is 559 g/mol. The summed E-state index contributed by atoms with van der Waals surface area (Å²) in [5, 5.41) is 9.62.